The molecule has 1 atom stereocenters. The van der Waals surface area contributed by atoms with Crippen LogP contribution in [0, 0.1) is 5.92 Å². The van der Waals surface area contributed by atoms with Gasteiger partial charge in [0.25, 0.3) is 0 Å². The van der Waals surface area contributed by atoms with Crippen LogP contribution < -0.4 is 4.72 Å². The van der Waals surface area contributed by atoms with Gasteiger partial charge in [0, 0.05) is 19.8 Å². The fourth-order valence-electron chi connectivity index (χ4n) is 3.68. The van der Waals surface area contributed by atoms with Crippen molar-refractivity contribution >= 4 is 10.0 Å². The van der Waals surface area contributed by atoms with Crippen LogP contribution in [0.2, 0.25) is 0 Å². The second-order valence-electron chi connectivity index (χ2n) is 6.85. The molecule has 0 radical (unpaired) electrons. The molecule has 0 aromatic carbocycles. The lowest BCUT2D eigenvalue weighted by Crippen LogP contribution is -2.49. The van der Waals surface area contributed by atoms with E-state index in [0.717, 1.165) is 58.2 Å². The van der Waals surface area contributed by atoms with Gasteiger partial charge in [0.2, 0.25) is 10.0 Å². The molecule has 3 rings (SSSR count). The highest BCUT2D eigenvalue weighted by atomic mass is 32.2. The molecule has 0 aromatic rings. The zero-order valence-corrected chi connectivity index (χ0v) is 13.5. The van der Waals surface area contributed by atoms with Crippen molar-refractivity contribution in [3.8, 4) is 0 Å². The van der Waals surface area contributed by atoms with Crippen LogP contribution in [-0.4, -0.2) is 45.6 Å². The Bertz CT molecular complexity index is 441. The molecule has 3 aliphatic rings. The van der Waals surface area contributed by atoms with Gasteiger partial charge < -0.3 is 9.47 Å². The van der Waals surface area contributed by atoms with E-state index in [9.17, 15) is 8.42 Å². The third-order valence-electron chi connectivity index (χ3n) is 5.18. The SMILES string of the molecule is O=S(=O)(CC1CCCC2(CCC2)O1)NCC1CCOCC1. The maximum Gasteiger partial charge on any atom is 0.214 e. The third-order valence-corrected chi connectivity index (χ3v) is 6.60. The maximum absolute atomic E-state index is 12.2. The monoisotopic (exact) mass is 317 g/mol. The molecular weight excluding hydrogens is 290 g/mol. The predicted octanol–water partition coefficient (Wildman–Crippen LogP) is 1.82. The van der Waals surface area contributed by atoms with Crippen molar-refractivity contribution in [2.24, 2.45) is 5.92 Å². The van der Waals surface area contributed by atoms with E-state index in [1.165, 1.54) is 6.42 Å². The Balaban J connectivity index is 1.46. The Morgan fingerprint density at radius 2 is 1.76 bits per heavy atom. The molecule has 1 unspecified atom stereocenters. The first kappa shape index (κ1) is 15.7. The summed E-state index contributed by atoms with van der Waals surface area (Å²) in [7, 11) is -3.23. The highest BCUT2D eigenvalue weighted by Gasteiger charge is 2.43. The van der Waals surface area contributed by atoms with Crippen LogP contribution in [0.5, 0.6) is 0 Å². The summed E-state index contributed by atoms with van der Waals surface area (Å²) >= 11 is 0. The van der Waals surface area contributed by atoms with E-state index in [0.29, 0.717) is 12.5 Å². The van der Waals surface area contributed by atoms with Gasteiger partial charge in [-0.2, -0.15) is 0 Å². The number of nitrogens with one attached hydrogen (secondary N) is 1. The van der Waals surface area contributed by atoms with Crippen molar-refractivity contribution in [1.82, 2.24) is 4.72 Å². The van der Waals surface area contributed by atoms with Gasteiger partial charge >= 0.3 is 0 Å². The second-order valence-corrected chi connectivity index (χ2v) is 8.71. The lowest BCUT2D eigenvalue weighted by atomic mass is 9.74. The molecule has 6 heteroatoms. The van der Waals surface area contributed by atoms with E-state index in [2.05, 4.69) is 4.72 Å². The molecular formula is C15H27NO4S. The van der Waals surface area contributed by atoms with E-state index in [-0.39, 0.29) is 17.5 Å². The normalized spacial score (nSPS) is 30.2. The first-order valence-electron chi connectivity index (χ1n) is 8.30. The van der Waals surface area contributed by atoms with Crippen LogP contribution in [0.1, 0.15) is 51.4 Å². The first-order chi connectivity index (χ1) is 10.1. The van der Waals surface area contributed by atoms with Crippen molar-refractivity contribution in [3.63, 3.8) is 0 Å². The Morgan fingerprint density at radius 3 is 2.43 bits per heavy atom. The summed E-state index contributed by atoms with van der Waals surface area (Å²) in [5, 5.41) is 0. The van der Waals surface area contributed by atoms with Gasteiger partial charge in [0.1, 0.15) is 0 Å². The minimum absolute atomic E-state index is 0.0269. The smallest absolute Gasteiger partial charge is 0.214 e. The summed E-state index contributed by atoms with van der Waals surface area (Å²) in [6.07, 6.45) is 8.31. The molecule has 5 nitrogen and oxygen atoms in total. The molecule has 2 heterocycles. The van der Waals surface area contributed by atoms with Gasteiger partial charge in [-0.15, -0.1) is 0 Å². The average molecular weight is 317 g/mol. The van der Waals surface area contributed by atoms with Gasteiger partial charge in [-0.1, -0.05) is 0 Å². The van der Waals surface area contributed by atoms with Crippen LogP contribution in [0.25, 0.3) is 0 Å². The fraction of sp³-hybridized carbons (Fsp3) is 1.00. The van der Waals surface area contributed by atoms with Crippen molar-refractivity contribution in [3.05, 3.63) is 0 Å². The van der Waals surface area contributed by atoms with Crippen LogP contribution in [-0.2, 0) is 19.5 Å². The molecule has 3 fully saturated rings. The Morgan fingerprint density at radius 1 is 1.05 bits per heavy atom. The van der Waals surface area contributed by atoms with Crippen molar-refractivity contribution in [2.75, 3.05) is 25.5 Å². The van der Waals surface area contributed by atoms with E-state index in [1.54, 1.807) is 0 Å². The van der Waals surface area contributed by atoms with Gasteiger partial charge in [0.05, 0.1) is 17.5 Å². The minimum Gasteiger partial charge on any atom is -0.381 e. The molecule has 122 valence electrons. The average Bonchev–Trinajstić information content (AvgIpc) is 2.45. The number of hydrogen-bond acceptors (Lipinski definition) is 4. The Kier molecular flexibility index (Phi) is 4.88. The van der Waals surface area contributed by atoms with Crippen molar-refractivity contribution in [1.29, 1.82) is 0 Å². The third kappa shape index (κ3) is 4.18. The molecule has 0 bridgehead atoms. The van der Waals surface area contributed by atoms with Gasteiger partial charge in [-0.3, -0.25) is 0 Å². The van der Waals surface area contributed by atoms with Crippen LogP contribution in [0.3, 0.4) is 0 Å². The lowest BCUT2D eigenvalue weighted by Gasteiger charge is -2.47. The van der Waals surface area contributed by atoms with Crippen molar-refractivity contribution < 1.29 is 17.9 Å². The van der Waals surface area contributed by atoms with Gasteiger partial charge in [0.15, 0.2) is 0 Å². The highest BCUT2D eigenvalue weighted by molar-refractivity contribution is 7.89. The first-order valence-corrected chi connectivity index (χ1v) is 9.95. The van der Waals surface area contributed by atoms with E-state index < -0.39 is 10.0 Å². The summed E-state index contributed by atoms with van der Waals surface area (Å²) < 4.78 is 38.6. The molecule has 1 aliphatic carbocycles. The molecule has 21 heavy (non-hydrogen) atoms. The molecule has 2 aliphatic heterocycles. The van der Waals surface area contributed by atoms with E-state index in [1.807, 2.05) is 0 Å². The molecule has 2 saturated heterocycles. The summed E-state index contributed by atoms with van der Waals surface area (Å²) in [6.45, 7) is 2.05. The molecule has 1 spiro atoms. The Hall–Kier alpha value is -0.170. The predicted molar refractivity (Wildman–Crippen MR) is 80.6 cm³/mol. The Labute approximate surface area is 127 Å². The summed E-state index contributed by atoms with van der Waals surface area (Å²) in [5.41, 5.74) is 0.0269. The van der Waals surface area contributed by atoms with Gasteiger partial charge in [-0.05, 0) is 57.3 Å². The zero-order valence-electron chi connectivity index (χ0n) is 12.7. The van der Waals surface area contributed by atoms with Crippen LogP contribution in [0.4, 0.5) is 0 Å². The highest BCUT2D eigenvalue weighted by Crippen LogP contribution is 2.44. The quantitative estimate of drug-likeness (QED) is 0.840. The summed E-state index contributed by atoms with van der Waals surface area (Å²) in [4.78, 5) is 0. The van der Waals surface area contributed by atoms with E-state index in [4.69, 9.17) is 9.47 Å². The molecule has 0 amide bonds. The number of ether oxygens (including phenoxy) is 2. The standard InChI is InChI=1S/C15H27NO4S/c17-21(18,16-11-13-4-9-19-10-5-13)12-14-3-1-6-15(20-14)7-2-8-15/h13-14,16H,1-12H2. The zero-order chi connectivity index (χ0) is 14.8. The van der Waals surface area contributed by atoms with E-state index >= 15 is 0 Å². The molecule has 1 saturated carbocycles. The number of sulfonamides is 1. The largest absolute Gasteiger partial charge is 0.381 e. The fourth-order valence-corrected chi connectivity index (χ4v) is 5.01. The lowest BCUT2D eigenvalue weighted by molar-refractivity contribution is -0.161. The van der Waals surface area contributed by atoms with Crippen LogP contribution >= 0.6 is 0 Å². The number of rotatable bonds is 5. The second kappa shape index (κ2) is 6.52. The van der Waals surface area contributed by atoms with Gasteiger partial charge in [-0.25, -0.2) is 13.1 Å². The minimum atomic E-state index is -3.23. The summed E-state index contributed by atoms with van der Waals surface area (Å²) in [5.74, 6) is 0.539. The topological polar surface area (TPSA) is 64.6 Å². The molecule has 0 aromatic heterocycles. The van der Waals surface area contributed by atoms with Crippen molar-refractivity contribution in [2.45, 2.75) is 63.1 Å². The number of hydrogen-bond donors (Lipinski definition) is 1. The molecule has 1 N–H and O–H groups in total. The summed E-state index contributed by atoms with van der Waals surface area (Å²) in [6, 6.07) is 0. The van der Waals surface area contributed by atoms with Crippen LogP contribution in [0.15, 0.2) is 0 Å². The maximum atomic E-state index is 12.2.